The zero-order valence-electron chi connectivity index (χ0n) is 11.7. The molecule has 1 aromatic heterocycles. The van der Waals surface area contributed by atoms with Crippen molar-refractivity contribution in [3.8, 4) is 0 Å². The van der Waals surface area contributed by atoms with Crippen LogP contribution in [0.25, 0.3) is 0 Å². The van der Waals surface area contributed by atoms with Gasteiger partial charge in [0.15, 0.2) is 0 Å². The fourth-order valence-electron chi connectivity index (χ4n) is 1.96. The van der Waals surface area contributed by atoms with Gasteiger partial charge in [0.25, 0.3) is 0 Å². The minimum absolute atomic E-state index is 0.360. The van der Waals surface area contributed by atoms with E-state index in [1.54, 1.807) is 4.68 Å². The number of aromatic nitrogens is 2. The van der Waals surface area contributed by atoms with Gasteiger partial charge in [-0.15, -0.1) is 0 Å². The molecule has 0 aliphatic rings. The number of nitrogens with zero attached hydrogens (tertiary/aromatic N) is 2. The summed E-state index contributed by atoms with van der Waals surface area (Å²) >= 11 is 0. The Bertz CT molecular complexity index is 544. The summed E-state index contributed by atoms with van der Waals surface area (Å²) in [6, 6.07) is 5.42. The molecule has 2 aromatic rings. The zero-order chi connectivity index (χ0) is 14.5. The second-order valence-corrected chi connectivity index (χ2v) is 5.31. The van der Waals surface area contributed by atoms with Crippen LogP contribution in [0.2, 0.25) is 0 Å². The summed E-state index contributed by atoms with van der Waals surface area (Å²) in [6.45, 7) is 6.28. The highest BCUT2D eigenvalue weighted by molar-refractivity contribution is 5.18. The Labute approximate surface area is 117 Å². The van der Waals surface area contributed by atoms with Gasteiger partial charge < -0.3 is 5.32 Å². The van der Waals surface area contributed by atoms with Crippen LogP contribution < -0.4 is 5.32 Å². The number of hydrogen-bond acceptors (Lipinski definition) is 2. The van der Waals surface area contributed by atoms with E-state index in [2.05, 4.69) is 24.3 Å². The van der Waals surface area contributed by atoms with Gasteiger partial charge in [0, 0.05) is 18.8 Å². The Hall–Kier alpha value is -1.75. The van der Waals surface area contributed by atoms with Crippen LogP contribution in [0, 0.1) is 17.6 Å². The lowest BCUT2D eigenvalue weighted by atomic mass is 10.2. The molecule has 1 N–H and O–H groups in total. The van der Waals surface area contributed by atoms with Gasteiger partial charge >= 0.3 is 0 Å². The lowest BCUT2D eigenvalue weighted by Gasteiger charge is -2.05. The summed E-state index contributed by atoms with van der Waals surface area (Å²) in [7, 11) is 0. The van der Waals surface area contributed by atoms with Crippen molar-refractivity contribution in [2.75, 3.05) is 6.54 Å². The third kappa shape index (κ3) is 4.42. The molecule has 0 bridgehead atoms. The van der Waals surface area contributed by atoms with Gasteiger partial charge in [-0.3, -0.25) is 4.68 Å². The average Bonchev–Trinajstić information content (AvgIpc) is 2.74. The van der Waals surface area contributed by atoms with Crippen molar-refractivity contribution in [3.63, 3.8) is 0 Å². The normalized spacial score (nSPS) is 11.2. The predicted octanol–water partition coefficient (Wildman–Crippen LogP) is 2.96. The van der Waals surface area contributed by atoms with Gasteiger partial charge in [0.1, 0.15) is 11.6 Å². The molecule has 0 spiro atoms. The molecule has 0 radical (unpaired) electrons. The van der Waals surface area contributed by atoms with E-state index in [0.29, 0.717) is 24.6 Å². The molecule has 0 saturated heterocycles. The Morgan fingerprint density at radius 2 is 1.90 bits per heavy atom. The van der Waals surface area contributed by atoms with E-state index >= 15 is 0 Å². The molecule has 20 heavy (non-hydrogen) atoms. The molecule has 0 amide bonds. The van der Waals surface area contributed by atoms with Crippen molar-refractivity contribution in [3.05, 3.63) is 53.4 Å². The summed E-state index contributed by atoms with van der Waals surface area (Å²) in [5.41, 5.74) is 1.48. The number of halogens is 2. The second kappa shape index (κ2) is 6.61. The molecule has 0 saturated carbocycles. The van der Waals surface area contributed by atoms with Crippen LogP contribution in [-0.4, -0.2) is 16.3 Å². The van der Waals surface area contributed by atoms with Crippen molar-refractivity contribution >= 4 is 0 Å². The third-order valence-corrected chi connectivity index (χ3v) is 2.82. The Morgan fingerprint density at radius 3 is 2.55 bits per heavy atom. The smallest absolute Gasteiger partial charge is 0.126 e. The highest BCUT2D eigenvalue weighted by atomic mass is 19.1. The van der Waals surface area contributed by atoms with Crippen molar-refractivity contribution in [2.24, 2.45) is 5.92 Å². The maximum Gasteiger partial charge on any atom is 0.126 e. The topological polar surface area (TPSA) is 29.9 Å². The van der Waals surface area contributed by atoms with Crippen molar-refractivity contribution < 1.29 is 8.78 Å². The number of hydrogen-bond donors (Lipinski definition) is 1. The molecule has 1 heterocycles. The van der Waals surface area contributed by atoms with Gasteiger partial charge in [-0.1, -0.05) is 13.8 Å². The number of nitrogens with one attached hydrogen (secondary N) is 1. The lowest BCUT2D eigenvalue weighted by Crippen LogP contribution is -2.19. The molecular weight excluding hydrogens is 260 g/mol. The molecule has 5 heteroatoms. The van der Waals surface area contributed by atoms with Crippen molar-refractivity contribution in [1.82, 2.24) is 15.1 Å². The van der Waals surface area contributed by atoms with E-state index in [-0.39, 0.29) is 0 Å². The first-order valence-corrected chi connectivity index (χ1v) is 6.71. The van der Waals surface area contributed by atoms with E-state index < -0.39 is 11.6 Å². The lowest BCUT2D eigenvalue weighted by molar-refractivity contribution is 0.542. The third-order valence-electron chi connectivity index (χ3n) is 2.82. The van der Waals surface area contributed by atoms with Crippen LogP contribution in [0.3, 0.4) is 0 Å². The quantitative estimate of drug-likeness (QED) is 0.881. The zero-order valence-corrected chi connectivity index (χ0v) is 11.7. The molecule has 3 nitrogen and oxygen atoms in total. The Kier molecular flexibility index (Phi) is 4.84. The van der Waals surface area contributed by atoms with E-state index in [1.165, 1.54) is 12.1 Å². The molecule has 0 fully saturated rings. The molecule has 0 aliphatic carbocycles. The van der Waals surface area contributed by atoms with E-state index in [9.17, 15) is 8.78 Å². The highest BCUT2D eigenvalue weighted by Crippen LogP contribution is 2.09. The monoisotopic (exact) mass is 279 g/mol. The summed E-state index contributed by atoms with van der Waals surface area (Å²) in [4.78, 5) is 0. The Morgan fingerprint density at radius 1 is 1.20 bits per heavy atom. The molecule has 108 valence electrons. The van der Waals surface area contributed by atoms with Crippen LogP contribution in [0.15, 0.2) is 30.5 Å². The average molecular weight is 279 g/mol. The molecule has 0 unspecified atom stereocenters. The summed E-state index contributed by atoms with van der Waals surface area (Å²) < 4.78 is 27.9. The van der Waals surface area contributed by atoms with Crippen LogP contribution in [0.4, 0.5) is 8.78 Å². The van der Waals surface area contributed by atoms with E-state index in [0.717, 1.165) is 18.3 Å². The van der Waals surface area contributed by atoms with Gasteiger partial charge in [0.2, 0.25) is 0 Å². The maximum absolute atomic E-state index is 13.1. The maximum atomic E-state index is 13.1. The van der Waals surface area contributed by atoms with Crippen molar-refractivity contribution in [1.29, 1.82) is 0 Å². The molecule has 0 aliphatic heterocycles. The molecular formula is C15H19F2N3. The number of benzene rings is 1. The minimum Gasteiger partial charge on any atom is -0.311 e. The largest absolute Gasteiger partial charge is 0.311 e. The van der Waals surface area contributed by atoms with Gasteiger partial charge in [-0.2, -0.15) is 5.10 Å². The van der Waals surface area contributed by atoms with Crippen LogP contribution in [0.1, 0.15) is 25.1 Å². The first kappa shape index (κ1) is 14.7. The molecule has 0 atom stereocenters. The van der Waals surface area contributed by atoms with Crippen LogP contribution in [-0.2, 0) is 13.1 Å². The molecule has 1 aromatic carbocycles. The fraction of sp³-hybridized carbons (Fsp3) is 0.400. The minimum atomic E-state index is -0.564. The number of rotatable bonds is 6. The van der Waals surface area contributed by atoms with Gasteiger partial charge in [-0.05, 0) is 36.2 Å². The highest BCUT2D eigenvalue weighted by Gasteiger charge is 2.04. The SMILES string of the molecule is CC(C)CNCc1ccn(Cc2cc(F)cc(F)c2)n1. The summed E-state index contributed by atoms with van der Waals surface area (Å²) in [5.74, 6) is -0.538. The summed E-state index contributed by atoms with van der Waals surface area (Å²) in [6.07, 6.45) is 1.81. The Balaban J connectivity index is 1.95. The molecule has 2 rings (SSSR count). The van der Waals surface area contributed by atoms with Gasteiger partial charge in [-0.25, -0.2) is 8.78 Å². The summed E-state index contributed by atoms with van der Waals surface area (Å²) in [5, 5.41) is 7.67. The first-order valence-electron chi connectivity index (χ1n) is 6.71. The standard InChI is InChI=1S/C15H19F2N3/c1-11(2)8-18-9-15-3-4-20(19-15)10-12-5-13(16)7-14(17)6-12/h3-7,11,18H,8-10H2,1-2H3. The second-order valence-electron chi connectivity index (χ2n) is 5.31. The van der Waals surface area contributed by atoms with E-state index in [1.807, 2.05) is 12.3 Å². The van der Waals surface area contributed by atoms with E-state index in [4.69, 9.17) is 0 Å². The van der Waals surface area contributed by atoms with Crippen molar-refractivity contribution in [2.45, 2.75) is 26.9 Å². The van der Waals surface area contributed by atoms with Crippen LogP contribution in [0.5, 0.6) is 0 Å². The van der Waals surface area contributed by atoms with Gasteiger partial charge in [0.05, 0.1) is 12.2 Å². The van der Waals surface area contributed by atoms with Crippen LogP contribution >= 0.6 is 0 Å². The first-order chi connectivity index (χ1) is 9.52. The predicted molar refractivity (Wildman–Crippen MR) is 74.2 cm³/mol. The fourth-order valence-corrected chi connectivity index (χ4v) is 1.96.